The van der Waals surface area contributed by atoms with Crippen molar-refractivity contribution in [1.82, 2.24) is 10.1 Å². The van der Waals surface area contributed by atoms with Crippen LogP contribution in [0.3, 0.4) is 0 Å². The molecule has 138 valence electrons. The van der Waals surface area contributed by atoms with Crippen LogP contribution in [-0.2, 0) is 0 Å². The summed E-state index contributed by atoms with van der Waals surface area (Å²) in [5.74, 6) is -0.328. The fourth-order valence-corrected chi connectivity index (χ4v) is 2.73. The van der Waals surface area contributed by atoms with Gasteiger partial charge in [-0.15, -0.1) is 5.11 Å². The zero-order valence-electron chi connectivity index (χ0n) is 14.8. The highest BCUT2D eigenvalue weighted by Gasteiger charge is 2.18. The minimum absolute atomic E-state index is 0.0416. The first-order valence-corrected chi connectivity index (χ1v) is 8.45. The number of aryl methyl sites for hydroxylation is 1. The Morgan fingerprint density at radius 1 is 1.07 bits per heavy atom. The zero-order chi connectivity index (χ0) is 19.5. The summed E-state index contributed by atoms with van der Waals surface area (Å²) >= 11 is 0. The Morgan fingerprint density at radius 2 is 1.82 bits per heavy atom. The molecule has 1 aromatic heterocycles. The number of fused-ring (bicyclic) bond motifs is 1. The molecule has 0 atom stereocenters. The van der Waals surface area contributed by atoms with Crippen LogP contribution in [0.5, 0.6) is 5.75 Å². The van der Waals surface area contributed by atoms with Crippen molar-refractivity contribution in [3.05, 3.63) is 72.1 Å². The minimum atomic E-state index is -0.459. The maximum absolute atomic E-state index is 12.7. The van der Waals surface area contributed by atoms with E-state index >= 15 is 0 Å². The Hall–Kier alpha value is -4.07. The molecule has 4 rings (SSSR count). The molecule has 0 aliphatic rings. The maximum Gasteiger partial charge on any atom is 0.366 e. The van der Waals surface area contributed by atoms with Crippen LogP contribution in [0.25, 0.3) is 10.8 Å². The maximum atomic E-state index is 12.7. The summed E-state index contributed by atoms with van der Waals surface area (Å²) in [6, 6.07) is 17.8. The Balaban J connectivity index is 1.78. The normalized spacial score (nSPS) is 11.2. The lowest BCUT2D eigenvalue weighted by Gasteiger charge is -2.11. The number of azo groups is 1. The quantitative estimate of drug-likeness (QED) is 0.494. The van der Waals surface area contributed by atoms with E-state index < -0.39 is 5.91 Å². The number of amides is 1. The van der Waals surface area contributed by atoms with Gasteiger partial charge < -0.3 is 14.9 Å². The third kappa shape index (κ3) is 3.43. The predicted molar refractivity (Wildman–Crippen MR) is 103 cm³/mol. The van der Waals surface area contributed by atoms with Gasteiger partial charge in [0.2, 0.25) is 0 Å². The smallest absolute Gasteiger partial charge is 0.366 e. The van der Waals surface area contributed by atoms with Crippen LogP contribution in [0.15, 0.2) is 75.4 Å². The molecule has 0 aliphatic carbocycles. The molecule has 1 heterocycles. The predicted octanol–water partition coefficient (Wildman–Crippen LogP) is 4.90. The van der Waals surface area contributed by atoms with Crippen molar-refractivity contribution in [3.8, 4) is 5.75 Å². The van der Waals surface area contributed by atoms with Gasteiger partial charge in [0, 0.05) is 11.1 Å². The largest absolute Gasteiger partial charge is 0.505 e. The van der Waals surface area contributed by atoms with E-state index in [0.717, 1.165) is 5.39 Å². The third-order valence-electron chi connectivity index (χ3n) is 4.02. The molecule has 0 spiro atoms. The van der Waals surface area contributed by atoms with E-state index in [1.807, 2.05) is 30.3 Å². The molecule has 0 unspecified atom stereocenters. The molecule has 0 bridgehead atoms. The fourth-order valence-electron chi connectivity index (χ4n) is 2.73. The number of nitrogens with zero attached hydrogens (tertiary/aromatic N) is 4. The molecule has 3 aromatic carbocycles. The molecule has 0 radical (unpaired) electrons. The summed E-state index contributed by atoms with van der Waals surface area (Å²) in [6.45, 7) is 1.66. The second kappa shape index (κ2) is 7.28. The number of aromatic nitrogens is 2. The Kier molecular flexibility index (Phi) is 4.51. The summed E-state index contributed by atoms with van der Waals surface area (Å²) in [5, 5.41) is 26.5. The molecule has 1 amide bonds. The molecular weight excluding hydrogens is 358 g/mol. The number of para-hydroxylation sites is 1. The third-order valence-corrected chi connectivity index (χ3v) is 4.02. The van der Waals surface area contributed by atoms with Crippen molar-refractivity contribution >= 4 is 34.1 Å². The first-order valence-electron chi connectivity index (χ1n) is 8.45. The fraction of sp³-hybridized carbons (Fsp3) is 0.0500. The summed E-state index contributed by atoms with van der Waals surface area (Å²) in [7, 11) is 0. The lowest BCUT2D eigenvalue weighted by atomic mass is 10.0. The van der Waals surface area contributed by atoms with E-state index in [4.69, 9.17) is 4.52 Å². The molecule has 8 nitrogen and oxygen atoms in total. The molecule has 0 fully saturated rings. The minimum Gasteiger partial charge on any atom is -0.505 e. The van der Waals surface area contributed by atoms with E-state index in [0.29, 0.717) is 16.9 Å². The molecule has 0 saturated heterocycles. The molecule has 0 aliphatic heterocycles. The SMILES string of the molecule is Cc1noc(/N=N/c2c(O)c(C(=O)Nc3ccccc3)cc3ccccc23)n1. The zero-order valence-corrected chi connectivity index (χ0v) is 14.8. The molecule has 8 heteroatoms. The summed E-state index contributed by atoms with van der Waals surface area (Å²) in [4.78, 5) is 16.7. The lowest BCUT2D eigenvalue weighted by Crippen LogP contribution is -2.12. The topological polar surface area (TPSA) is 113 Å². The average Bonchev–Trinajstić information content (AvgIpc) is 3.12. The Labute approximate surface area is 159 Å². The first-order chi connectivity index (χ1) is 13.6. The van der Waals surface area contributed by atoms with Gasteiger partial charge in [0.1, 0.15) is 5.69 Å². The number of carbonyl (C=O) groups is 1. The molecule has 2 N–H and O–H groups in total. The number of hydrogen-bond acceptors (Lipinski definition) is 7. The summed E-state index contributed by atoms with van der Waals surface area (Å²) < 4.78 is 4.91. The second-order valence-electron chi connectivity index (χ2n) is 5.99. The van der Waals surface area contributed by atoms with Crippen molar-refractivity contribution in [1.29, 1.82) is 0 Å². The van der Waals surface area contributed by atoms with Crippen molar-refractivity contribution in [2.45, 2.75) is 6.92 Å². The van der Waals surface area contributed by atoms with Gasteiger partial charge in [0.25, 0.3) is 5.91 Å². The summed E-state index contributed by atoms with van der Waals surface area (Å²) in [6.07, 6.45) is 0. The first kappa shape index (κ1) is 17.3. The van der Waals surface area contributed by atoms with Crippen molar-refractivity contribution < 1.29 is 14.4 Å². The average molecular weight is 373 g/mol. The highest BCUT2D eigenvalue weighted by Crippen LogP contribution is 2.39. The number of nitrogens with one attached hydrogen (secondary N) is 1. The highest BCUT2D eigenvalue weighted by molar-refractivity contribution is 6.11. The number of carbonyl (C=O) groups excluding carboxylic acids is 1. The van der Waals surface area contributed by atoms with Crippen molar-refractivity contribution in [3.63, 3.8) is 0 Å². The number of aromatic hydroxyl groups is 1. The number of anilines is 1. The van der Waals surface area contributed by atoms with Crippen LogP contribution in [0.1, 0.15) is 16.2 Å². The summed E-state index contributed by atoms with van der Waals surface area (Å²) in [5.41, 5.74) is 0.843. The van der Waals surface area contributed by atoms with Crippen LogP contribution in [-0.4, -0.2) is 21.2 Å². The van der Waals surface area contributed by atoms with Gasteiger partial charge in [-0.3, -0.25) is 4.79 Å². The van der Waals surface area contributed by atoms with Gasteiger partial charge in [-0.05, 0) is 30.5 Å². The lowest BCUT2D eigenvalue weighted by molar-refractivity contribution is 0.102. The monoisotopic (exact) mass is 373 g/mol. The molecular formula is C20H15N5O3. The van der Waals surface area contributed by atoms with Gasteiger partial charge in [0.15, 0.2) is 11.6 Å². The van der Waals surface area contributed by atoms with E-state index in [2.05, 4.69) is 25.7 Å². The van der Waals surface area contributed by atoms with E-state index in [1.165, 1.54) is 0 Å². The van der Waals surface area contributed by atoms with Gasteiger partial charge in [-0.25, -0.2) is 0 Å². The van der Waals surface area contributed by atoms with Crippen molar-refractivity contribution in [2.75, 3.05) is 5.32 Å². The standard InChI is InChI=1S/C20H15N5O3/c1-12-21-20(28-25-12)24-23-17-15-10-6-5-7-13(15)11-16(18(17)26)19(27)22-14-8-3-2-4-9-14/h2-11,26H,1H3,(H,22,27)/b24-23+. The highest BCUT2D eigenvalue weighted by atomic mass is 16.5. The Bertz CT molecular complexity index is 1190. The number of rotatable bonds is 4. The van der Waals surface area contributed by atoms with Crippen LogP contribution in [0.2, 0.25) is 0 Å². The number of phenols is 1. The van der Waals surface area contributed by atoms with E-state index in [1.54, 1.807) is 37.3 Å². The van der Waals surface area contributed by atoms with Gasteiger partial charge in [0.05, 0.1) is 5.56 Å². The van der Waals surface area contributed by atoms with Crippen LogP contribution < -0.4 is 5.32 Å². The van der Waals surface area contributed by atoms with E-state index in [9.17, 15) is 9.90 Å². The molecule has 0 saturated carbocycles. The van der Waals surface area contributed by atoms with Gasteiger partial charge in [-0.2, -0.15) is 4.98 Å². The van der Waals surface area contributed by atoms with E-state index in [-0.39, 0.29) is 23.0 Å². The number of benzene rings is 3. The molecule has 28 heavy (non-hydrogen) atoms. The van der Waals surface area contributed by atoms with Crippen molar-refractivity contribution in [2.24, 2.45) is 10.2 Å². The second-order valence-corrected chi connectivity index (χ2v) is 5.99. The van der Waals surface area contributed by atoms with Crippen LogP contribution in [0, 0.1) is 6.92 Å². The van der Waals surface area contributed by atoms with Gasteiger partial charge in [-0.1, -0.05) is 52.7 Å². The number of phenolic OH excluding ortho intramolecular Hbond substituents is 1. The van der Waals surface area contributed by atoms with Crippen LogP contribution in [0.4, 0.5) is 17.4 Å². The van der Waals surface area contributed by atoms with Gasteiger partial charge >= 0.3 is 6.01 Å². The van der Waals surface area contributed by atoms with Crippen LogP contribution >= 0.6 is 0 Å². The Morgan fingerprint density at radius 3 is 2.57 bits per heavy atom. The molecule has 4 aromatic rings. The number of hydrogen-bond donors (Lipinski definition) is 2.